The maximum absolute atomic E-state index is 11.9. The monoisotopic (exact) mass is 336 g/mol. The zero-order valence-corrected chi connectivity index (χ0v) is 13.3. The molecule has 2 aromatic heterocycles. The van der Waals surface area contributed by atoms with Crippen LogP contribution in [0.3, 0.4) is 0 Å². The summed E-state index contributed by atoms with van der Waals surface area (Å²) in [6, 6.07) is 12.5. The van der Waals surface area contributed by atoms with Gasteiger partial charge >= 0.3 is 0 Å². The second kappa shape index (κ2) is 7.82. The van der Waals surface area contributed by atoms with Crippen molar-refractivity contribution >= 4 is 12.0 Å². The second-order valence-corrected chi connectivity index (χ2v) is 5.13. The minimum atomic E-state index is -0.252. The zero-order chi connectivity index (χ0) is 17.5. The Morgan fingerprint density at radius 2 is 2.00 bits per heavy atom. The molecular weight excluding hydrogens is 320 g/mol. The molecule has 0 aliphatic rings. The molecule has 1 amide bonds. The molecule has 0 aliphatic heterocycles. The van der Waals surface area contributed by atoms with Crippen molar-refractivity contribution in [3.8, 4) is 5.82 Å². The lowest BCUT2D eigenvalue weighted by Gasteiger charge is -2.07. The number of nitrogens with zero attached hydrogens (tertiary/aromatic N) is 5. The molecule has 0 spiro atoms. The summed E-state index contributed by atoms with van der Waals surface area (Å²) in [6.45, 7) is 0.540. The number of hydrogen-bond acceptors (Lipinski definition) is 5. The van der Waals surface area contributed by atoms with Crippen LogP contribution in [-0.2, 0) is 11.3 Å². The minimum Gasteiger partial charge on any atom is -0.351 e. The molecule has 8 heteroatoms. The largest absolute Gasteiger partial charge is 0.351 e. The Morgan fingerprint density at radius 1 is 1.16 bits per heavy atom. The van der Waals surface area contributed by atoms with Crippen molar-refractivity contribution in [3.63, 3.8) is 0 Å². The third-order valence-electron chi connectivity index (χ3n) is 3.36. The molecule has 1 N–H and O–H groups in total. The number of aromatic nitrogens is 5. The van der Waals surface area contributed by atoms with E-state index in [2.05, 4.69) is 20.5 Å². The highest BCUT2D eigenvalue weighted by molar-refractivity contribution is 5.91. The summed E-state index contributed by atoms with van der Waals surface area (Å²) >= 11 is 0. The van der Waals surface area contributed by atoms with Crippen molar-refractivity contribution in [3.05, 3.63) is 77.1 Å². The summed E-state index contributed by atoms with van der Waals surface area (Å²) in [5.74, 6) is 0.247. The van der Waals surface area contributed by atoms with Gasteiger partial charge in [0, 0.05) is 18.7 Å². The highest BCUT2D eigenvalue weighted by atomic mass is 16.1. The number of carbonyl (C=O) groups is 1. The molecule has 0 saturated heterocycles. The van der Waals surface area contributed by atoms with Crippen LogP contribution in [0, 0.1) is 0 Å². The Kier molecular flexibility index (Phi) is 5.10. The molecule has 1 aromatic carbocycles. The van der Waals surface area contributed by atoms with E-state index < -0.39 is 0 Å². The topological polar surface area (TPSA) is 94.7 Å². The van der Waals surface area contributed by atoms with E-state index in [0.29, 0.717) is 5.82 Å². The molecule has 0 fully saturated rings. The molecule has 0 atom stereocenters. The van der Waals surface area contributed by atoms with Gasteiger partial charge in [0.05, 0.1) is 6.54 Å². The van der Waals surface area contributed by atoms with Gasteiger partial charge in [0.1, 0.15) is 12.7 Å². The summed E-state index contributed by atoms with van der Waals surface area (Å²) in [7, 11) is 0. The molecule has 126 valence electrons. The van der Waals surface area contributed by atoms with Gasteiger partial charge in [-0.1, -0.05) is 30.3 Å². The smallest absolute Gasteiger partial charge is 0.266 e. The Labute approximate surface area is 143 Å². The van der Waals surface area contributed by atoms with Gasteiger partial charge in [0.15, 0.2) is 5.82 Å². The fraction of sp³-hybridized carbons (Fsp3) is 0.118. The van der Waals surface area contributed by atoms with Gasteiger partial charge in [-0.05, 0) is 17.7 Å². The highest BCUT2D eigenvalue weighted by Gasteiger charge is 2.04. The number of benzene rings is 1. The predicted octanol–water partition coefficient (Wildman–Crippen LogP) is 0.654. The van der Waals surface area contributed by atoms with Gasteiger partial charge in [-0.25, -0.2) is 14.3 Å². The molecule has 0 saturated carbocycles. The lowest BCUT2D eigenvalue weighted by molar-refractivity contribution is -0.116. The van der Waals surface area contributed by atoms with Crippen LogP contribution < -0.4 is 10.9 Å². The SMILES string of the molecule is O=C(/C=C/c1ccccc1)NCCn1nc(-n2cncn2)ccc1=O. The van der Waals surface area contributed by atoms with Crippen molar-refractivity contribution in [1.82, 2.24) is 29.9 Å². The molecule has 3 aromatic rings. The first-order chi connectivity index (χ1) is 12.2. The normalized spacial score (nSPS) is 10.9. The molecule has 0 aliphatic carbocycles. The van der Waals surface area contributed by atoms with Gasteiger partial charge in [0.2, 0.25) is 5.91 Å². The lowest BCUT2D eigenvalue weighted by atomic mass is 10.2. The number of nitrogens with one attached hydrogen (secondary N) is 1. The van der Waals surface area contributed by atoms with Crippen LogP contribution in [0.4, 0.5) is 0 Å². The van der Waals surface area contributed by atoms with Crippen molar-refractivity contribution in [1.29, 1.82) is 0 Å². The molecular formula is C17H16N6O2. The molecule has 3 rings (SSSR count). The Morgan fingerprint density at radius 3 is 2.76 bits per heavy atom. The van der Waals surface area contributed by atoms with Gasteiger partial charge in [0.25, 0.3) is 5.56 Å². The van der Waals surface area contributed by atoms with E-state index in [9.17, 15) is 9.59 Å². The summed E-state index contributed by atoms with van der Waals surface area (Å²) < 4.78 is 2.73. The predicted molar refractivity (Wildman–Crippen MR) is 91.9 cm³/mol. The number of carbonyl (C=O) groups excluding carboxylic acids is 1. The van der Waals surface area contributed by atoms with Crippen molar-refractivity contribution in [2.45, 2.75) is 6.54 Å². The number of rotatable bonds is 6. The van der Waals surface area contributed by atoms with E-state index in [4.69, 9.17) is 0 Å². The lowest BCUT2D eigenvalue weighted by Crippen LogP contribution is -2.31. The molecule has 0 radical (unpaired) electrons. The summed E-state index contributed by atoms with van der Waals surface area (Å²) in [5.41, 5.74) is 0.689. The van der Waals surface area contributed by atoms with Crippen LogP contribution in [-0.4, -0.2) is 37.0 Å². The van der Waals surface area contributed by atoms with E-state index in [1.807, 2.05) is 30.3 Å². The zero-order valence-electron chi connectivity index (χ0n) is 13.3. The number of amides is 1. The summed E-state index contributed by atoms with van der Waals surface area (Å²) in [6.07, 6.45) is 6.06. The van der Waals surface area contributed by atoms with Crippen LogP contribution in [0.5, 0.6) is 0 Å². The van der Waals surface area contributed by atoms with Crippen LogP contribution in [0.15, 0.2) is 66.0 Å². The van der Waals surface area contributed by atoms with E-state index in [1.54, 1.807) is 12.1 Å². The third-order valence-corrected chi connectivity index (χ3v) is 3.36. The second-order valence-electron chi connectivity index (χ2n) is 5.13. The van der Waals surface area contributed by atoms with E-state index >= 15 is 0 Å². The van der Waals surface area contributed by atoms with Gasteiger partial charge in [-0.15, -0.1) is 5.10 Å². The van der Waals surface area contributed by atoms with Gasteiger partial charge < -0.3 is 5.32 Å². The standard InChI is InChI=1S/C17H16N6O2/c24-16(8-6-14-4-2-1-3-5-14)19-10-11-22-17(25)9-7-15(21-22)23-13-18-12-20-23/h1-9,12-13H,10-11H2,(H,19,24)/b8-6+. The van der Waals surface area contributed by atoms with Crippen LogP contribution >= 0.6 is 0 Å². The maximum atomic E-state index is 11.9. The molecule has 0 unspecified atom stereocenters. The van der Waals surface area contributed by atoms with E-state index in [1.165, 1.54) is 34.2 Å². The molecule has 0 bridgehead atoms. The van der Waals surface area contributed by atoms with Crippen molar-refractivity contribution in [2.75, 3.05) is 6.54 Å². The van der Waals surface area contributed by atoms with Crippen LogP contribution in [0.2, 0.25) is 0 Å². The minimum absolute atomic E-state index is 0.232. The van der Waals surface area contributed by atoms with Gasteiger partial charge in [-0.3, -0.25) is 9.59 Å². The van der Waals surface area contributed by atoms with Crippen molar-refractivity contribution in [2.24, 2.45) is 0 Å². The van der Waals surface area contributed by atoms with Crippen LogP contribution in [0.1, 0.15) is 5.56 Å². The van der Waals surface area contributed by atoms with E-state index in [0.717, 1.165) is 5.56 Å². The number of hydrogen-bond donors (Lipinski definition) is 1. The first-order valence-electron chi connectivity index (χ1n) is 7.66. The first kappa shape index (κ1) is 16.3. The molecule has 25 heavy (non-hydrogen) atoms. The Hall–Kier alpha value is -3.55. The van der Waals surface area contributed by atoms with Crippen LogP contribution in [0.25, 0.3) is 11.9 Å². The Balaban J connectivity index is 1.57. The molecule has 8 nitrogen and oxygen atoms in total. The average Bonchev–Trinajstić information content (AvgIpc) is 3.17. The maximum Gasteiger partial charge on any atom is 0.266 e. The average molecular weight is 336 g/mol. The first-order valence-corrected chi connectivity index (χ1v) is 7.66. The quantitative estimate of drug-likeness (QED) is 0.667. The summed E-state index contributed by atoms with van der Waals surface area (Å²) in [4.78, 5) is 27.5. The fourth-order valence-electron chi connectivity index (χ4n) is 2.13. The van der Waals surface area contributed by atoms with E-state index in [-0.39, 0.29) is 24.6 Å². The van der Waals surface area contributed by atoms with Gasteiger partial charge in [-0.2, -0.15) is 5.10 Å². The summed E-state index contributed by atoms with van der Waals surface area (Å²) in [5, 5.41) is 10.9. The molecule has 2 heterocycles. The third kappa shape index (κ3) is 4.47. The highest BCUT2D eigenvalue weighted by Crippen LogP contribution is 2.00. The van der Waals surface area contributed by atoms with Crippen molar-refractivity contribution < 1.29 is 4.79 Å². The fourth-order valence-corrected chi connectivity index (χ4v) is 2.13. The Bertz CT molecular complexity index is 916.